The van der Waals surface area contributed by atoms with Crippen LogP contribution in [0.4, 0.5) is 0 Å². The highest BCUT2D eigenvalue weighted by Gasteiger charge is 2.20. The molecule has 28 heavy (non-hydrogen) atoms. The van der Waals surface area contributed by atoms with Crippen molar-refractivity contribution in [2.45, 2.75) is 13.8 Å². The van der Waals surface area contributed by atoms with E-state index in [4.69, 9.17) is 0 Å². The van der Waals surface area contributed by atoms with Crippen molar-refractivity contribution in [2.24, 2.45) is 0 Å². The number of benzene rings is 5. The molecule has 0 aliphatic heterocycles. The van der Waals surface area contributed by atoms with E-state index in [0.29, 0.717) is 16.7 Å². The van der Waals surface area contributed by atoms with Gasteiger partial charge < -0.3 is 0 Å². The molecule has 0 bridgehead atoms. The number of aryl methyl sites for hydroxylation is 2. The van der Waals surface area contributed by atoms with E-state index in [2.05, 4.69) is 18.2 Å². The van der Waals surface area contributed by atoms with Gasteiger partial charge >= 0.3 is 0 Å². The molecule has 128 valence electrons. The van der Waals surface area contributed by atoms with Crippen LogP contribution in [0.3, 0.4) is 0 Å². The van der Waals surface area contributed by atoms with Crippen molar-refractivity contribution in [3.63, 3.8) is 0 Å². The van der Waals surface area contributed by atoms with Crippen molar-refractivity contribution < 1.29 is 0 Å². The van der Waals surface area contributed by atoms with Crippen LogP contribution in [0.25, 0.3) is 43.1 Å². The standard InChI is InChI=1S/C25H13N3/c1-13-3-6-20-23-17(12-28)9-14(2)22-16(11-27)5-8-19(25(22)23)18-7-4-15(10-26)21(13)24(18)20/h3-9H,1-2H3. The predicted octanol–water partition coefficient (Wildman–Crippen LogP) is 5.97. The van der Waals surface area contributed by atoms with Crippen LogP contribution in [0.5, 0.6) is 0 Å². The molecule has 0 aliphatic rings. The first-order valence-corrected chi connectivity index (χ1v) is 8.98. The summed E-state index contributed by atoms with van der Waals surface area (Å²) in [6.07, 6.45) is 0. The van der Waals surface area contributed by atoms with Crippen LogP contribution >= 0.6 is 0 Å². The Kier molecular flexibility index (Phi) is 3.12. The topological polar surface area (TPSA) is 71.4 Å². The molecule has 5 aromatic rings. The zero-order valence-corrected chi connectivity index (χ0v) is 15.4. The monoisotopic (exact) mass is 355 g/mol. The fourth-order valence-corrected chi connectivity index (χ4v) is 4.65. The Balaban J connectivity index is 2.28. The van der Waals surface area contributed by atoms with Gasteiger partial charge in [-0.15, -0.1) is 0 Å². The van der Waals surface area contributed by atoms with E-state index in [-0.39, 0.29) is 0 Å². The molecule has 3 heteroatoms. The fourth-order valence-electron chi connectivity index (χ4n) is 4.65. The molecule has 0 aliphatic carbocycles. The van der Waals surface area contributed by atoms with Crippen LogP contribution in [-0.4, -0.2) is 0 Å². The quantitative estimate of drug-likeness (QED) is 0.254. The highest BCUT2D eigenvalue weighted by molar-refractivity contribution is 6.35. The van der Waals surface area contributed by atoms with Gasteiger partial charge in [-0.05, 0) is 64.7 Å². The maximum atomic E-state index is 9.87. The Morgan fingerprint density at radius 2 is 1.04 bits per heavy atom. The predicted molar refractivity (Wildman–Crippen MR) is 111 cm³/mol. The first-order valence-electron chi connectivity index (χ1n) is 8.98. The van der Waals surface area contributed by atoms with Gasteiger partial charge in [-0.25, -0.2) is 0 Å². The van der Waals surface area contributed by atoms with Crippen LogP contribution in [0.2, 0.25) is 0 Å². The number of rotatable bonds is 0. The molecule has 0 radical (unpaired) electrons. The minimum absolute atomic E-state index is 0.597. The van der Waals surface area contributed by atoms with Crippen LogP contribution in [-0.2, 0) is 0 Å². The second-order valence-electron chi connectivity index (χ2n) is 7.20. The third-order valence-corrected chi connectivity index (χ3v) is 5.77. The minimum atomic E-state index is 0.597. The molecule has 0 N–H and O–H groups in total. The maximum absolute atomic E-state index is 9.87. The Morgan fingerprint density at radius 1 is 0.500 bits per heavy atom. The lowest BCUT2D eigenvalue weighted by atomic mass is 9.83. The Morgan fingerprint density at radius 3 is 1.64 bits per heavy atom. The number of nitrogens with zero attached hydrogens (tertiary/aromatic N) is 3. The van der Waals surface area contributed by atoms with Gasteiger partial charge in [-0.3, -0.25) is 0 Å². The summed E-state index contributed by atoms with van der Waals surface area (Å²) in [5.41, 5.74) is 3.81. The van der Waals surface area contributed by atoms with Gasteiger partial charge in [0.1, 0.15) is 0 Å². The Hall–Kier alpha value is -4.13. The van der Waals surface area contributed by atoms with Gasteiger partial charge in [0.15, 0.2) is 0 Å². The SMILES string of the molecule is Cc1ccc2c3c(C#N)cc(C)c4c(C#N)ccc(c5ccc(C#N)c1c52)c43. The van der Waals surface area contributed by atoms with E-state index >= 15 is 0 Å². The van der Waals surface area contributed by atoms with E-state index in [1.165, 1.54) is 0 Å². The minimum Gasteiger partial charge on any atom is -0.192 e. The normalized spacial score (nSPS) is 11.1. The lowest BCUT2D eigenvalue weighted by Crippen LogP contribution is -1.95. The average Bonchev–Trinajstić information content (AvgIpc) is 2.73. The molecule has 5 aromatic carbocycles. The maximum Gasteiger partial charge on any atom is 0.0998 e. The molecule has 0 heterocycles. The molecular weight excluding hydrogens is 342 g/mol. The average molecular weight is 355 g/mol. The van der Waals surface area contributed by atoms with E-state index < -0.39 is 0 Å². The third kappa shape index (κ3) is 1.79. The molecule has 0 amide bonds. The Labute approximate surface area is 161 Å². The van der Waals surface area contributed by atoms with E-state index in [0.717, 1.165) is 54.2 Å². The van der Waals surface area contributed by atoms with Crippen molar-refractivity contribution in [2.75, 3.05) is 0 Å². The molecule has 0 spiro atoms. The van der Waals surface area contributed by atoms with Crippen molar-refractivity contribution >= 4 is 43.1 Å². The largest absolute Gasteiger partial charge is 0.192 e. The van der Waals surface area contributed by atoms with Gasteiger partial charge in [0.25, 0.3) is 0 Å². The zero-order chi connectivity index (χ0) is 19.6. The van der Waals surface area contributed by atoms with E-state index in [1.54, 1.807) is 0 Å². The highest BCUT2D eigenvalue weighted by atomic mass is 14.3. The molecule has 0 unspecified atom stereocenters. The zero-order valence-electron chi connectivity index (χ0n) is 15.4. The first-order chi connectivity index (χ1) is 13.6. The lowest BCUT2D eigenvalue weighted by Gasteiger charge is -2.18. The molecule has 0 saturated carbocycles. The van der Waals surface area contributed by atoms with Crippen molar-refractivity contribution in [3.8, 4) is 18.2 Å². The summed E-state index contributed by atoms with van der Waals surface area (Å²) >= 11 is 0. The number of nitriles is 3. The number of hydrogen-bond acceptors (Lipinski definition) is 3. The summed E-state index contributed by atoms with van der Waals surface area (Å²) in [5.74, 6) is 0. The summed E-state index contributed by atoms with van der Waals surface area (Å²) < 4.78 is 0. The molecule has 3 nitrogen and oxygen atoms in total. The van der Waals surface area contributed by atoms with Crippen LogP contribution in [0.1, 0.15) is 27.8 Å². The molecule has 5 rings (SSSR count). The van der Waals surface area contributed by atoms with Crippen LogP contribution < -0.4 is 0 Å². The first kappa shape index (κ1) is 16.1. The van der Waals surface area contributed by atoms with E-state index in [9.17, 15) is 15.8 Å². The van der Waals surface area contributed by atoms with Crippen molar-refractivity contribution in [1.82, 2.24) is 0 Å². The van der Waals surface area contributed by atoms with Gasteiger partial charge in [0, 0.05) is 21.5 Å². The summed E-state index contributed by atoms with van der Waals surface area (Å²) in [5, 5.41) is 36.9. The number of hydrogen-bond donors (Lipinski definition) is 0. The molecule has 0 atom stereocenters. The summed E-state index contributed by atoms with van der Waals surface area (Å²) in [6.45, 7) is 3.96. The van der Waals surface area contributed by atoms with Crippen LogP contribution in [0.15, 0.2) is 42.5 Å². The van der Waals surface area contributed by atoms with Crippen LogP contribution in [0, 0.1) is 47.8 Å². The smallest absolute Gasteiger partial charge is 0.0998 e. The van der Waals surface area contributed by atoms with Gasteiger partial charge in [-0.1, -0.05) is 24.3 Å². The third-order valence-electron chi connectivity index (χ3n) is 5.77. The van der Waals surface area contributed by atoms with E-state index in [1.807, 2.05) is 56.3 Å². The number of fused-ring (bicyclic) bond motifs is 2. The second kappa shape index (κ2) is 5.43. The summed E-state index contributed by atoms with van der Waals surface area (Å²) in [6, 6.07) is 20.5. The van der Waals surface area contributed by atoms with Gasteiger partial charge in [0.2, 0.25) is 0 Å². The van der Waals surface area contributed by atoms with Crippen molar-refractivity contribution in [1.29, 1.82) is 15.8 Å². The van der Waals surface area contributed by atoms with Gasteiger partial charge in [0.05, 0.1) is 34.9 Å². The highest BCUT2D eigenvalue weighted by Crippen LogP contribution is 2.44. The summed E-state index contributed by atoms with van der Waals surface area (Å²) in [4.78, 5) is 0. The summed E-state index contributed by atoms with van der Waals surface area (Å²) in [7, 11) is 0. The van der Waals surface area contributed by atoms with Crippen molar-refractivity contribution in [3.05, 3.63) is 70.3 Å². The lowest BCUT2D eigenvalue weighted by molar-refractivity contribution is 1.46. The second-order valence-corrected chi connectivity index (χ2v) is 7.20. The molecular formula is C25H13N3. The molecule has 0 fully saturated rings. The molecule has 0 saturated heterocycles. The van der Waals surface area contributed by atoms with Gasteiger partial charge in [-0.2, -0.15) is 15.8 Å². The molecule has 0 aromatic heterocycles. The fraction of sp³-hybridized carbons (Fsp3) is 0.0800. The Bertz CT molecular complexity index is 1600.